The number of ether oxygens (including phenoxy) is 2. The van der Waals surface area contributed by atoms with Gasteiger partial charge in [-0.05, 0) is 32.0 Å². The smallest absolute Gasteiger partial charge is 0.231 e. The van der Waals surface area contributed by atoms with Crippen molar-refractivity contribution in [3.63, 3.8) is 0 Å². The SMILES string of the molecule is Cc1cc(Nc2nccc(Nc3c(Cl)ccc4c3OCO4)n2)nc(C)n1. The Morgan fingerprint density at radius 3 is 2.73 bits per heavy atom. The molecule has 1 aliphatic heterocycles. The first-order valence-corrected chi connectivity index (χ1v) is 8.24. The van der Waals surface area contributed by atoms with E-state index in [-0.39, 0.29) is 6.79 Å². The van der Waals surface area contributed by atoms with Crippen molar-refractivity contribution < 1.29 is 9.47 Å². The zero-order valence-electron chi connectivity index (χ0n) is 14.1. The summed E-state index contributed by atoms with van der Waals surface area (Å²) in [5.74, 6) is 3.45. The normalized spacial score (nSPS) is 12.1. The van der Waals surface area contributed by atoms with Crippen LogP contribution in [-0.4, -0.2) is 26.7 Å². The number of aryl methyl sites for hydroxylation is 2. The third-order valence-corrected chi connectivity index (χ3v) is 3.92. The highest BCUT2D eigenvalue weighted by molar-refractivity contribution is 6.33. The Balaban J connectivity index is 1.60. The molecule has 0 saturated carbocycles. The standard InChI is InChI=1S/C17H15ClN6O2/c1-9-7-14(21-10(2)20-9)24-17-19-6-5-13(23-17)22-15-11(18)3-4-12-16(15)26-8-25-12/h3-7H,8H2,1-2H3,(H2,19,20,21,22,23,24). The van der Waals surface area contributed by atoms with E-state index < -0.39 is 0 Å². The summed E-state index contributed by atoms with van der Waals surface area (Å²) in [6, 6.07) is 7.06. The molecule has 0 amide bonds. The van der Waals surface area contributed by atoms with Crippen LogP contribution >= 0.6 is 11.6 Å². The van der Waals surface area contributed by atoms with E-state index in [1.54, 1.807) is 24.4 Å². The van der Waals surface area contributed by atoms with Crippen molar-refractivity contribution in [1.82, 2.24) is 19.9 Å². The van der Waals surface area contributed by atoms with Gasteiger partial charge in [0.1, 0.15) is 23.1 Å². The first-order valence-electron chi connectivity index (χ1n) is 7.86. The molecular formula is C17H15ClN6O2. The zero-order valence-corrected chi connectivity index (χ0v) is 14.8. The number of anilines is 4. The van der Waals surface area contributed by atoms with Gasteiger partial charge < -0.3 is 20.1 Å². The lowest BCUT2D eigenvalue weighted by molar-refractivity contribution is 0.174. The molecule has 0 saturated heterocycles. The van der Waals surface area contributed by atoms with E-state index in [0.717, 1.165) is 5.69 Å². The minimum absolute atomic E-state index is 0.160. The molecule has 0 aliphatic carbocycles. The van der Waals surface area contributed by atoms with Crippen molar-refractivity contribution in [1.29, 1.82) is 0 Å². The second-order valence-corrected chi connectivity index (χ2v) is 6.02. The van der Waals surface area contributed by atoms with Crippen molar-refractivity contribution in [2.45, 2.75) is 13.8 Å². The summed E-state index contributed by atoms with van der Waals surface area (Å²) in [7, 11) is 0. The molecule has 1 aromatic carbocycles. The summed E-state index contributed by atoms with van der Waals surface area (Å²) in [4.78, 5) is 17.2. The molecule has 0 unspecified atom stereocenters. The van der Waals surface area contributed by atoms with Gasteiger partial charge in [-0.15, -0.1) is 0 Å². The number of nitrogens with zero attached hydrogens (tertiary/aromatic N) is 4. The highest BCUT2D eigenvalue weighted by Gasteiger charge is 2.21. The van der Waals surface area contributed by atoms with Crippen LogP contribution in [0, 0.1) is 13.8 Å². The predicted octanol–water partition coefficient (Wildman–Crippen LogP) is 3.75. The van der Waals surface area contributed by atoms with E-state index in [2.05, 4.69) is 30.6 Å². The van der Waals surface area contributed by atoms with Gasteiger partial charge in [-0.2, -0.15) is 4.98 Å². The number of rotatable bonds is 4. The van der Waals surface area contributed by atoms with Crippen LogP contribution in [0.3, 0.4) is 0 Å². The molecule has 0 atom stereocenters. The summed E-state index contributed by atoms with van der Waals surface area (Å²) >= 11 is 6.29. The maximum absolute atomic E-state index is 6.29. The van der Waals surface area contributed by atoms with Crippen molar-refractivity contribution in [3.05, 3.63) is 47.0 Å². The molecule has 3 heterocycles. The van der Waals surface area contributed by atoms with Gasteiger partial charge in [0, 0.05) is 18.0 Å². The number of nitrogens with one attached hydrogen (secondary N) is 2. The molecule has 0 bridgehead atoms. The van der Waals surface area contributed by atoms with E-state index in [0.29, 0.717) is 45.6 Å². The van der Waals surface area contributed by atoms with Gasteiger partial charge in [0.15, 0.2) is 11.5 Å². The van der Waals surface area contributed by atoms with Crippen LogP contribution in [0.2, 0.25) is 5.02 Å². The first kappa shape index (κ1) is 16.3. The molecule has 0 radical (unpaired) electrons. The van der Waals surface area contributed by atoms with Crippen LogP contribution in [0.25, 0.3) is 0 Å². The van der Waals surface area contributed by atoms with E-state index >= 15 is 0 Å². The van der Waals surface area contributed by atoms with Crippen molar-refractivity contribution in [3.8, 4) is 11.5 Å². The summed E-state index contributed by atoms with van der Waals surface area (Å²) in [6.07, 6.45) is 1.63. The van der Waals surface area contributed by atoms with Crippen LogP contribution in [-0.2, 0) is 0 Å². The monoisotopic (exact) mass is 370 g/mol. The Kier molecular flexibility index (Phi) is 4.18. The second kappa shape index (κ2) is 6.64. The highest BCUT2D eigenvalue weighted by atomic mass is 35.5. The van der Waals surface area contributed by atoms with Gasteiger partial charge in [-0.3, -0.25) is 0 Å². The maximum atomic E-state index is 6.29. The van der Waals surface area contributed by atoms with Crippen LogP contribution in [0.4, 0.5) is 23.3 Å². The van der Waals surface area contributed by atoms with Crippen molar-refractivity contribution in [2.24, 2.45) is 0 Å². The average molecular weight is 371 g/mol. The summed E-state index contributed by atoms with van der Waals surface area (Å²) < 4.78 is 10.9. The summed E-state index contributed by atoms with van der Waals surface area (Å²) in [5, 5.41) is 6.74. The van der Waals surface area contributed by atoms with Gasteiger partial charge in [-0.1, -0.05) is 11.6 Å². The minimum Gasteiger partial charge on any atom is -0.454 e. The maximum Gasteiger partial charge on any atom is 0.231 e. The lowest BCUT2D eigenvalue weighted by Crippen LogP contribution is -2.04. The van der Waals surface area contributed by atoms with Crippen LogP contribution < -0.4 is 20.1 Å². The molecule has 26 heavy (non-hydrogen) atoms. The zero-order chi connectivity index (χ0) is 18.1. The molecule has 8 nitrogen and oxygen atoms in total. The van der Waals surface area contributed by atoms with Crippen molar-refractivity contribution >= 4 is 34.9 Å². The predicted molar refractivity (Wildman–Crippen MR) is 97.7 cm³/mol. The van der Waals surface area contributed by atoms with Gasteiger partial charge in [0.25, 0.3) is 0 Å². The van der Waals surface area contributed by atoms with Crippen molar-refractivity contribution in [2.75, 3.05) is 17.4 Å². The lowest BCUT2D eigenvalue weighted by atomic mass is 10.2. The molecule has 4 rings (SSSR count). The molecule has 9 heteroatoms. The Hall–Kier alpha value is -3.13. The van der Waals surface area contributed by atoms with E-state index in [1.165, 1.54) is 0 Å². The number of hydrogen-bond donors (Lipinski definition) is 2. The largest absolute Gasteiger partial charge is 0.454 e. The first-order chi connectivity index (χ1) is 12.6. The fourth-order valence-corrected chi connectivity index (χ4v) is 2.77. The molecule has 0 spiro atoms. The Bertz CT molecular complexity index is 961. The highest BCUT2D eigenvalue weighted by Crippen LogP contribution is 2.44. The Morgan fingerprint density at radius 1 is 1.00 bits per heavy atom. The Morgan fingerprint density at radius 2 is 1.88 bits per heavy atom. The number of benzene rings is 1. The molecule has 2 aromatic heterocycles. The third kappa shape index (κ3) is 3.31. The van der Waals surface area contributed by atoms with E-state index in [9.17, 15) is 0 Å². The quantitative estimate of drug-likeness (QED) is 0.717. The third-order valence-electron chi connectivity index (χ3n) is 3.60. The summed E-state index contributed by atoms with van der Waals surface area (Å²) in [5.41, 5.74) is 1.46. The van der Waals surface area contributed by atoms with Gasteiger partial charge in [0.2, 0.25) is 12.7 Å². The Labute approximate surface area is 154 Å². The van der Waals surface area contributed by atoms with Gasteiger partial charge >= 0.3 is 0 Å². The molecule has 2 N–H and O–H groups in total. The van der Waals surface area contributed by atoms with Gasteiger partial charge in [-0.25, -0.2) is 15.0 Å². The topological polar surface area (TPSA) is 94.1 Å². The fourth-order valence-electron chi connectivity index (χ4n) is 2.58. The van der Waals surface area contributed by atoms with Gasteiger partial charge in [0.05, 0.1) is 5.02 Å². The average Bonchev–Trinajstić information content (AvgIpc) is 3.06. The van der Waals surface area contributed by atoms with Crippen LogP contribution in [0.15, 0.2) is 30.5 Å². The molecular weight excluding hydrogens is 356 g/mol. The summed E-state index contributed by atoms with van der Waals surface area (Å²) in [6.45, 7) is 3.89. The fraction of sp³-hybridized carbons (Fsp3) is 0.176. The molecule has 132 valence electrons. The van der Waals surface area contributed by atoms with Crippen LogP contribution in [0.1, 0.15) is 11.5 Å². The van der Waals surface area contributed by atoms with Crippen LogP contribution in [0.5, 0.6) is 11.5 Å². The molecule has 0 fully saturated rings. The van der Waals surface area contributed by atoms with E-state index in [4.69, 9.17) is 21.1 Å². The number of aromatic nitrogens is 4. The lowest BCUT2D eigenvalue weighted by Gasteiger charge is -2.11. The number of hydrogen-bond acceptors (Lipinski definition) is 8. The van der Waals surface area contributed by atoms with E-state index in [1.807, 2.05) is 19.9 Å². The molecule has 1 aliphatic rings. The minimum atomic E-state index is 0.160. The number of fused-ring (bicyclic) bond motifs is 1. The molecule has 3 aromatic rings. The number of halogens is 1. The second-order valence-electron chi connectivity index (χ2n) is 5.61.